The van der Waals surface area contributed by atoms with Crippen LogP contribution in [0.25, 0.3) is 0 Å². The summed E-state index contributed by atoms with van der Waals surface area (Å²) in [6, 6.07) is 0. The highest BCUT2D eigenvalue weighted by Crippen LogP contribution is 1.96. The van der Waals surface area contributed by atoms with Crippen LogP contribution >= 0.6 is 0 Å². The molecule has 0 aliphatic carbocycles. The van der Waals surface area contributed by atoms with Crippen LogP contribution in [-0.4, -0.2) is 43.7 Å². The summed E-state index contributed by atoms with van der Waals surface area (Å²) in [6.07, 6.45) is 0. The maximum Gasteiger partial charge on any atom is 0.323 e. The maximum atomic E-state index is 11.2. The zero-order chi connectivity index (χ0) is 12.1. The van der Waals surface area contributed by atoms with Crippen molar-refractivity contribution < 1.29 is 23.1 Å². The molecule has 1 unspecified atom stereocenters. The van der Waals surface area contributed by atoms with Gasteiger partial charge in [-0.2, -0.15) is 0 Å². The number of hydrogen-bond donors (Lipinski definition) is 3. The molecule has 0 saturated carbocycles. The summed E-state index contributed by atoms with van der Waals surface area (Å²) in [4.78, 5) is 20.8. The van der Waals surface area contributed by atoms with Crippen molar-refractivity contribution in [3.8, 4) is 0 Å². The number of carbonyl (C=O) groups excluding carboxylic acids is 1. The Kier molecular flexibility index (Phi) is 5.23. The van der Waals surface area contributed by atoms with Crippen molar-refractivity contribution in [1.82, 2.24) is 10.0 Å². The van der Waals surface area contributed by atoms with Crippen LogP contribution in [0.4, 0.5) is 0 Å². The van der Waals surface area contributed by atoms with E-state index in [4.69, 9.17) is 5.11 Å². The van der Waals surface area contributed by atoms with E-state index >= 15 is 0 Å². The molecule has 0 aromatic carbocycles. The van der Waals surface area contributed by atoms with Crippen molar-refractivity contribution in [2.24, 2.45) is 0 Å². The minimum Gasteiger partial charge on any atom is -0.480 e. The second kappa shape index (κ2) is 5.66. The number of carbonyl (C=O) groups is 2. The standard InChI is InChI=1S/C7H14N2O5S/c1-5(7(11)12)15(13,14)9-4-3-8-6(2)10/h5,9H,3-4H2,1-2H3,(H,8,10)(H,11,12). The van der Waals surface area contributed by atoms with Gasteiger partial charge in [0.15, 0.2) is 5.25 Å². The van der Waals surface area contributed by atoms with Gasteiger partial charge in [0.1, 0.15) is 0 Å². The highest BCUT2D eigenvalue weighted by Gasteiger charge is 2.26. The molecular weight excluding hydrogens is 224 g/mol. The highest BCUT2D eigenvalue weighted by atomic mass is 32.2. The number of amides is 1. The summed E-state index contributed by atoms with van der Waals surface area (Å²) in [5.41, 5.74) is 0. The summed E-state index contributed by atoms with van der Waals surface area (Å²) in [6.45, 7) is 2.47. The lowest BCUT2D eigenvalue weighted by Gasteiger charge is -2.09. The molecule has 0 saturated heterocycles. The minimum absolute atomic E-state index is 0.0282. The van der Waals surface area contributed by atoms with Crippen LogP contribution in [0.3, 0.4) is 0 Å². The second-order valence-electron chi connectivity index (χ2n) is 2.90. The molecule has 0 radical (unpaired) electrons. The lowest BCUT2D eigenvalue weighted by Crippen LogP contribution is -2.40. The van der Waals surface area contributed by atoms with E-state index in [1.807, 2.05) is 0 Å². The number of nitrogens with one attached hydrogen (secondary N) is 2. The summed E-state index contributed by atoms with van der Waals surface area (Å²) in [7, 11) is -3.86. The quantitative estimate of drug-likeness (QED) is 0.488. The Hall–Kier alpha value is -1.15. The number of sulfonamides is 1. The van der Waals surface area contributed by atoms with Crippen molar-refractivity contribution >= 4 is 21.9 Å². The Morgan fingerprint density at radius 1 is 1.33 bits per heavy atom. The van der Waals surface area contributed by atoms with E-state index in [9.17, 15) is 18.0 Å². The normalized spacial score (nSPS) is 13.2. The van der Waals surface area contributed by atoms with Gasteiger partial charge in [-0.1, -0.05) is 0 Å². The monoisotopic (exact) mass is 238 g/mol. The van der Waals surface area contributed by atoms with Crippen LogP contribution in [0, 0.1) is 0 Å². The fourth-order valence-corrected chi connectivity index (χ4v) is 1.59. The maximum absolute atomic E-state index is 11.2. The average Bonchev–Trinajstić information content (AvgIpc) is 2.10. The predicted octanol–water partition coefficient (Wildman–Crippen LogP) is -1.48. The van der Waals surface area contributed by atoms with Gasteiger partial charge in [-0.25, -0.2) is 13.1 Å². The molecule has 15 heavy (non-hydrogen) atoms. The molecule has 0 bridgehead atoms. The molecule has 0 aromatic heterocycles. The molecule has 1 amide bonds. The molecular formula is C7H14N2O5S. The molecule has 7 nitrogen and oxygen atoms in total. The van der Waals surface area contributed by atoms with Gasteiger partial charge in [0.05, 0.1) is 0 Å². The Morgan fingerprint density at radius 3 is 2.27 bits per heavy atom. The first-order valence-electron chi connectivity index (χ1n) is 4.23. The van der Waals surface area contributed by atoms with E-state index in [0.717, 1.165) is 6.92 Å². The molecule has 1 atom stereocenters. The van der Waals surface area contributed by atoms with Gasteiger partial charge in [0.2, 0.25) is 15.9 Å². The molecule has 0 aliphatic heterocycles. The molecule has 3 N–H and O–H groups in total. The van der Waals surface area contributed by atoms with Crippen molar-refractivity contribution in [3.05, 3.63) is 0 Å². The molecule has 0 rings (SSSR count). The van der Waals surface area contributed by atoms with Gasteiger partial charge in [-0.05, 0) is 6.92 Å². The molecule has 0 heterocycles. The molecule has 0 fully saturated rings. The van der Waals surface area contributed by atoms with Crippen LogP contribution < -0.4 is 10.0 Å². The van der Waals surface area contributed by atoms with Gasteiger partial charge >= 0.3 is 5.97 Å². The van der Waals surface area contributed by atoms with Crippen molar-refractivity contribution in [2.45, 2.75) is 19.1 Å². The fraction of sp³-hybridized carbons (Fsp3) is 0.714. The van der Waals surface area contributed by atoms with Crippen LogP contribution in [-0.2, 0) is 19.6 Å². The lowest BCUT2D eigenvalue weighted by molar-refractivity contribution is -0.136. The van der Waals surface area contributed by atoms with Crippen LogP contribution in [0.2, 0.25) is 0 Å². The van der Waals surface area contributed by atoms with E-state index < -0.39 is 21.2 Å². The highest BCUT2D eigenvalue weighted by molar-refractivity contribution is 7.90. The second-order valence-corrected chi connectivity index (χ2v) is 4.99. The van der Waals surface area contributed by atoms with Crippen molar-refractivity contribution in [1.29, 1.82) is 0 Å². The number of carboxylic acid groups (broad SMARTS) is 1. The number of aliphatic carboxylic acids is 1. The number of hydrogen-bond acceptors (Lipinski definition) is 4. The van der Waals surface area contributed by atoms with Gasteiger partial charge in [-0.15, -0.1) is 0 Å². The number of rotatable bonds is 6. The third kappa shape index (κ3) is 5.33. The Labute approximate surface area is 87.9 Å². The first-order valence-corrected chi connectivity index (χ1v) is 5.77. The molecule has 0 spiro atoms. The largest absolute Gasteiger partial charge is 0.480 e. The smallest absolute Gasteiger partial charge is 0.323 e. The van der Waals surface area contributed by atoms with Gasteiger partial charge in [-0.3, -0.25) is 9.59 Å². The zero-order valence-corrected chi connectivity index (χ0v) is 9.30. The summed E-state index contributed by atoms with van der Waals surface area (Å²) in [5.74, 6) is -1.69. The average molecular weight is 238 g/mol. The molecule has 0 aliphatic rings. The summed E-state index contributed by atoms with van der Waals surface area (Å²) >= 11 is 0. The minimum atomic E-state index is -3.86. The lowest BCUT2D eigenvalue weighted by atomic mass is 10.5. The van der Waals surface area contributed by atoms with Crippen LogP contribution in [0.1, 0.15) is 13.8 Å². The first-order chi connectivity index (χ1) is 6.77. The SMILES string of the molecule is CC(=O)NCCNS(=O)(=O)C(C)C(=O)O. The van der Waals surface area contributed by atoms with Crippen molar-refractivity contribution in [2.75, 3.05) is 13.1 Å². The van der Waals surface area contributed by atoms with E-state index in [1.54, 1.807) is 0 Å². The topological polar surface area (TPSA) is 113 Å². The molecule has 0 aromatic rings. The number of carboxylic acids is 1. The van der Waals surface area contributed by atoms with E-state index in [-0.39, 0.29) is 19.0 Å². The van der Waals surface area contributed by atoms with Gasteiger partial charge in [0, 0.05) is 20.0 Å². The van der Waals surface area contributed by atoms with Gasteiger partial charge < -0.3 is 10.4 Å². The van der Waals surface area contributed by atoms with Gasteiger partial charge in [0.25, 0.3) is 0 Å². The molecule has 88 valence electrons. The fourth-order valence-electron chi connectivity index (χ4n) is 0.690. The first kappa shape index (κ1) is 13.8. The predicted molar refractivity (Wildman–Crippen MR) is 52.7 cm³/mol. The van der Waals surface area contributed by atoms with Crippen LogP contribution in [0.5, 0.6) is 0 Å². The van der Waals surface area contributed by atoms with E-state index in [2.05, 4.69) is 10.0 Å². The summed E-state index contributed by atoms with van der Waals surface area (Å²) < 4.78 is 24.5. The third-order valence-corrected chi connectivity index (χ3v) is 3.35. The Morgan fingerprint density at radius 2 is 1.87 bits per heavy atom. The van der Waals surface area contributed by atoms with Crippen LogP contribution in [0.15, 0.2) is 0 Å². The van der Waals surface area contributed by atoms with E-state index in [0.29, 0.717) is 0 Å². The van der Waals surface area contributed by atoms with Crippen molar-refractivity contribution in [3.63, 3.8) is 0 Å². The summed E-state index contributed by atoms with van der Waals surface area (Å²) in [5, 5.41) is 9.34. The third-order valence-electron chi connectivity index (χ3n) is 1.62. The Bertz CT molecular complexity index is 337. The van der Waals surface area contributed by atoms with E-state index in [1.165, 1.54) is 6.92 Å². The zero-order valence-electron chi connectivity index (χ0n) is 8.48. The molecule has 8 heteroatoms. The Balaban J connectivity index is 4.06.